The van der Waals surface area contributed by atoms with Gasteiger partial charge < -0.3 is 15.7 Å². The van der Waals surface area contributed by atoms with E-state index in [1.165, 1.54) is 0 Å². The van der Waals surface area contributed by atoms with Crippen LogP contribution in [0.1, 0.15) is 34.6 Å². The van der Waals surface area contributed by atoms with E-state index in [0.29, 0.717) is 6.54 Å². The summed E-state index contributed by atoms with van der Waals surface area (Å²) in [6.07, 6.45) is 0. The molecule has 0 radical (unpaired) electrons. The summed E-state index contributed by atoms with van der Waals surface area (Å²) in [5.41, 5.74) is -1.59. The van der Waals surface area contributed by atoms with E-state index in [2.05, 4.69) is 10.6 Å². The fraction of sp³-hybridized carbons (Fsp3) is 0.889. The number of hydrogen-bond acceptors (Lipinski definition) is 2. The zero-order valence-corrected chi connectivity index (χ0v) is 9.06. The van der Waals surface area contributed by atoms with Gasteiger partial charge in [0.1, 0.15) is 0 Å². The van der Waals surface area contributed by atoms with Crippen molar-refractivity contribution in [1.82, 2.24) is 10.6 Å². The van der Waals surface area contributed by atoms with Crippen molar-refractivity contribution in [2.45, 2.75) is 45.8 Å². The number of rotatable bonds is 3. The van der Waals surface area contributed by atoms with Gasteiger partial charge in [-0.3, -0.25) is 0 Å². The first kappa shape index (κ1) is 12.2. The van der Waals surface area contributed by atoms with Gasteiger partial charge in [-0.1, -0.05) is 0 Å². The van der Waals surface area contributed by atoms with Crippen LogP contribution in [0.15, 0.2) is 0 Å². The molecule has 3 N–H and O–H groups in total. The van der Waals surface area contributed by atoms with E-state index in [-0.39, 0.29) is 6.03 Å². The molecule has 0 bridgehead atoms. The SMILES string of the molecule is CCNC(=O)NC(C)(C)C(C)(C)O. The Morgan fingerprint density at radius 2 is 1.77 bits per heavy atom. The van der Waals surface area contributed by atoms with Gasteiger partial charge in [-0.2, -0.15) is 0 Å². The third-order valence-corrected chi connectivity index (χ3v) is 2.29. The summed E-state index contributed by atoms with van der Waals surface area (Å²) >= 11 is 0. The molecule has 4 heteroatoms. The summed E-state index contributed by atoms with van der Waals surface area (Å²) in [7, 11) is 0. The van der Waals surface area contributed by atoms with Gasteiger partial charge in [-0.05, 0) is 34.6 Å². The average Bonchev–Trinajstić information content (AvgIpc) is 1.83. The van der Waals surface area contributed by atoms with Crippen molar-refractivity contribution in [2.24, 2.45) is 0 Å². The largest absolute Gasteiger partial charge is 0.388 e. The minimum absolute atomic E-state index is 0.255. The summed E-state index contributed by atoms with van der Waals surface area (Å²) in [4.78, 5) is 11.2. The van der Waals surface area contributed by atoms with Gasteiger partial charge in [0.05, 0.1) is 11.1 Å². The van der Waals surface area contributed by atoms with Crippen LogP contribution in [0.2, 0.25) is 0 Å². The Hall–Kier alpha value is -0.770. The molecule has 0 aliphatic rings. The second-order valence-corrected chi connectivity index (χ2v) is 4.17. The summed E-state index contributed by atoms with van der Waals surface area (Å²) in [6, 6.07) is -0.255. The van der Waals surface area contributed by atoms with Crippen LogP contribution in [0.3, 0.4) is 0 Å². The zero-order chi connectivity index (χ0) is 10.7. The predicted octanol–water partition coefficient (Wildman–Crippen LogP) is 0.855. The van der Waals surface area contributed by atoms with E-state index in [1.54, 1.807) is 27.7 Å². The lowest BCUT2D eigenvalue weighted by atomic mass is 9.86. The van der Waals surface area contributed by atoms with Crippen LogP contribution in [0.5, 0.6) is 0 Å². The Morgan fingerprint density at radius 3 is 2.08 bits per heavy atom. The van der Waals surface area contributed by atoms with Crippen molar-refractivity contribution in [3.63, 3.8) is 0 Å². The van der Waals surface area contributed by atoms with Crippen molar-refractivity contribution < 1.29 is 9.90 Å². The highest BCUT2D eigenvalue weighted by atomic mass is 16.3. The third kappa shape index (κ3) is 3.63. The molecular weight excluding hydrogens is 168 g/mol. The molecule has 0 heterocycles. The first-order valence-electron chi connectivity index (χ1n) is 4.49. The molecule has 0 aromatic rings. The van der Waals surface area contributed by atoms with E-state index in [1.807, 2.05) is 6.92 Å². The van der Waals surface area contributed by atoms with Gasteiger partial charge >= 0.3 is 6.03 Å². The highest BCUT2D eigenvalue weighted by molar-refractivity contribution is 5.74. The zero-order valence-electron chi connectivity index (χ0n) is 9.06. The average molecular weight is 188 g/mol. The molecule has 0 rings (SSSR count). The highest BCUT2D eigenvalue weighted by Gasteiger charge is 2.36. The van der Waals surface area contributed by atoms with Crippen molar-refractivity contribution in [2.75, 3.05) is 6.54 Å². The van der Waals surface area contributed by atoms with Crippen molar-refractivity contribution in [3.8, 4) is 0 Å². The van der Waals surface area contributed by atoms with Gasteiger partial charge in [-0.25, -0.2) is 4.79 Å². The second kappa shape index (κ2) is 3.96. The van der Waals surface area contributed by atoms with Crippen molar-refractivity contribution in [1.29, 1.82) is 0 Å². The summed E-state index contributed by atoms with van der Waals surface area (Å²) in [5.74, 6) is 0. The van der Waals surface area contributed by atoms with E-state index in [4.69, 9.17) is 0 Å². The fourth-order valence-corrected chi connectivity index (χ4v) is 0.642. The van der Waals surface area contributed by atoms with Crippen molar-refractivity contribution >= 4 is 6.03 Å². The molecule has 0 fully saturated rings. The Bertz CT molecular complexity index is 183. The lowest BCUT2D eigenvalue weighted by Gasteiger charge is -2.37. The van der Waals surface area contributed by atoms with Crippen LogP contribution < -0.4 is 10.6 Å². The standard InChI is InChI=1S/C9H20N2O2/c1-6-10-7(12)11-8(2,3)9(4,5)13/h13H,6H2,1-5H3,(H2,10,11,12). The highest BCUT2D eigenvalue weighted by Crippen LogP contribution is 2.19. The third-order valence-electron chi connectivity index (χ3n) is 2.29. The second-order valence-electron chi connectivity index (χ2n) is 4.17. The Labute approximate surface area is 79.7 Å². The van der Waals surface area contributed by atoms with Crippen LogP contribution >= 0.6 is 0 Å². The smallest absolute Gasteiger partial charge is 0.315 e. The van der Waals surface area contributed by atoms with Gasteiger partial charge in [0.2, 0.25) is 0 Å². The number of nitrogens with one attached hydrogen (secondary N) is 2. The minimum atomic E-state index is -0.946. The minimum Gasteiger partial charge on any atom is -0.388 e. The maximum atomic E-state index is 11.2. The number of urea groups is 1. The lowest BCUT2D eigenvalue weighted by Crippen LogP contribution is -2.59. The summed E-state index contributed by atoms with van der Waals surface area (Å²) < 4.78 is 0. The van der Waals surface area contributed by atoms with Gasteiger partial charge in [0, 0.05) is 6.54 Å². The van der Waals surface area contributed by atoms with Crippen LogP contribution in [0, 0.1) is 0 Å². The van der Waals surface area contributed by atoms with Crippen LogP contribution in [-0.2, 0) is 0 Å². The molecule has 0 saturated heterocycles. The number of carbonyl (C=O) groups is 1. The quantitative estimate of drug-likeness (QED) is 0.615. The Kier molecular flexibility index (Phi) is 3.72. The van der Waals surface area contributed by atoms with E-state index in [9.17, 15) is 9.90 Å². The maximum Gasteiger partial charge on any atom is 0.315 e. The molecule has 0 spiro atoms. The number of amides is 2. The van der Waals surface area contributed by atoms with E-state index >= 15 is 0 Å². The topological polar surface area (TPSA) is 61.4 Å². The van der Waals surface area contributed by atoms with Gasteiger partial charge in [-0.15, -0.1) is 0 Å². The molecule has 78 valence electrons. The molecular formula is C9H20N2O2. The van der Waals surface area contributed by atoms with Crippen LogP contribution in [0.25, 0.3) is 0 Å². The van der Waals surface area contributed by atoms with Crippen molar-refractivity contribution in [3.05, 3.63) is 0 Å². The molecule has 0 aliphatic heterocycles. The Balaban J connectivity index is 4.26. The maximum absolute atomic E-state index is 11.2. The van der Waals surface area contributed by atoms with E-state index < -0.39 is 11.1 Å². The molecule has 0 saturated carbocycles. The van der Waals surface area contributed by atoms with E-state index in [0.717, 1.165) is 0 Å². The molecule has 0 aromatic heterocycles. The molecule has 13 heavy (non-hydrogen) atoms. The Morgan fingerprint density at radius 1 is 1.31 bits per heavy atom. The van der Waals surface area contributed by atoms with Crippen LogP contribution in [-0.4, -0.2) is 28.8 Å². The normalized spacial score (nSPS) is 12.5. The molecule has 2 amide bonds. The first-order chi connectivity index (χ1) is 5.70. The summed E-state index contributed by atoms with van der Waals surface area (Å²) in [5, 5.41) is 15.0. The predicted molar refractivity (Wildman–Crippen MR) is 52.6 cm³/mol. The fourth-order valence-electron chi connectivity index (χ4n) is 0.642. The van der Waals surface area contributed by atoms with Gasteiger partial charge in [0.25, 0.3) is 0 Å². The molecule has 4 nitrogen and oxygen atoms in total. The summed E-state index contributed by atoms with van der Waals surface area (Å²) in [6.45, 7) is 9.31. The number of aliphatic hydroxyl groups is 1. The molecule has 0 unspecified atom stereocenters. The van der Waals surface area contributed by atoms with Gasteiger partial charge in [0.15, 0.2) is 0 Å². The number of hydrogen-bond donors (Lipinski definition) is 3. The monoisotopic (exact) mass is 188 g/mol. The first-order valence-corrected chi connectivity index (χ1v) is 4.49. The lowest BCUT2D eigenvalue weighted by molar-refractivity contribution is 0.00106. The number of carbonyl (C=O) groups excluding carboxylic acids is 1. The van der Waals surface area contributed by atoms with Crippen LogP contribution in [0.4, 0.5) is 4.79 Å². The molecule has 0 aromatic carbocycles. The molecule has 0 aliphatic carbocycles. The molecule has 0 atom stereocenters.